The van der Waals surface area contributed by atoms with Crippen LogP contribution in [0.2, 0.25) is 0 Å². The van der Waals surface area contributed by atoms with Crippen molar-refractivity contribution >= 4 is 23.5 Å². The van der Waals surface area contributed by atoms with Gasteiger partial charge in [0.1, 0.15) is 5.70 Å². The minimum Gasteiger partial charge on any atom is -0.319 e. The Balaban J connectivity index is 2.03. The number of hydrogen-bond donors (Lipinski definition) is 1. The monoisotopic (exact) mass is 245 g/mol. The molecule has 0 aromatic heterocycles. The Morgan fingerprint density at radius 2 is 2.12 bits per heavy atom. The summed E-state index contributed by atoms with van der Waals surface area (Å²) in [6, 6.07) is 9.90. The normalized spacial score (nSPS) is 19.1. The lowest BCUT2D eigenvalue weighted by Crippen LogP contribution is -2.45. The van der Waals surface area contributed by atoms with Crippen LogP contribution < -0.4 is 5.43 Å². The lowest BCUT2D eigenvalue weighted by molar-refractivity contribution is -0.119. The number of amides is 1. The fraction of sp³-hybridized carbons (Fsp3) is 0.167. The first-order chi connectivity index (χ1) is 8.36. The average molecular weight is 245 g/mol. The number of amidine groups is 1. The summed E-state index contributed by atoms with van der Waals surface area (Å²) >= 11 is 1.66. The molecule has 0 bridgehead atoms. The summed E-state index contributed by atoms with van der Waals surface area (Å²) in [6.07, 6.45) is 0. The van der Waals surface area contributed by atoms with Gasteiger partial charge in [0.15, 0.2) is 5.84 Å². The van der Waals surface area contributed by atoms with Crippen molar-refractivity contribution in [3.05, 3.63) is 47.0 Å². The number of carbonyl (C=O) groups is 1. The largest absolute Gasteiger partial charge is 0.319 e. The van der Waals surface area contributed by atoms with Crippen LogP contribution in [-0.4, -0.2) is 28.9 Å². The Labute approximate surface area is 103 Å². The number of nitrogens with one attached hydrogen (secondary N) is 1. The number of fused-ring (bicyclic) bond motifs is 1. The topological polar surface area (TPSA) is 44.7 Å². The highest BCUT2D eigenvalue weighted by atomic mass is 32.2. The molecule has 2 aliphatic rings. The number of hydrogen-bond acceptors (Lipinski definition) is 4. The molecule has 0 atom stereocenters. The average Bonchev–Trinajstić information content (AvgIpc) is 2.41. The number of benzene rings is 1. The number of carbonyl (C=O) groups excluding carboxylic acids is 1. The van der Waals surface area contributed by atoms with Crippen molar-refractivity contribution in [2.45, 2.75) is 0 Å². The van der Waals surface area contributed by atoms with Gasteiger partial charge in [-0.15, -0.1) is 11.8 Å². The van der Waals surface area contributed by atoms with E-state index in [9.17, 15) is 4.79 Å². The molecule has 1 N–H and O–H groups in total. The van der Waals surface area contributed by atoms with Gasteiger partial charge in [-0.3, -0.25) is 4.79 Å². The Morgan fingerprint density at radius 1 is 1.29 bits per heavy atom. The van der Waals surface area contributed by atoms with Gasteiger partial charge in [0.05, 0.1) is 0 Å². The van der Waals surface area contributed by atoms with Crippen LogP contribution in [0.1, 0.15) is 5.56 Å². The Bertz CT molecular complexity index is 510. The number of hydrazone groups is 1. The molecule has 1 amide bonds. The predicted molar refractivity (Wildman–Crippen MR) is 68.4 cm³/mol. The molecule has 1 aromatic rings. The van der Waals surface area contributed by atoms with Crippen LogP contribution in [-0.2, 0) is 4.79 Å². The molecule has 0 saturated heterocycles. The van der Waals surface area contributed by atoms with E-state index in [1.807, 2.05) is 40.6 Å². The maximum Gasteiger partial charge on any atom is 0.288 e. The molecule has 5 heteroatoms. The minimum atomic E-state index is -0.128. The van der Waals surface area contributed by atoms with E-state index in [4.69, 9.17) is 0 Å². The maximum atomic E-state index is 11.7. The van der Waals surface area contributed by atoms with E-state index >= 15 is 0 Å². The van der Waals surface area contributed by atoms with Crippen molar-refractivity contribution in [3.63, 3.8) is 0 Å². The molecule has 0 aliphatic carbocycles. The molecule has 3 rings (SSSR count). The Kier molecular flexibility index (Phi) is 2.60. The zero-order chi connectivity index (χ0) is 11.7. The second-order valence-electron chi connectivity index (χ2n) is 3.77. The second kappa shape index (κ2) is 4.25. The summed E-state index contributed by atoms with van der Waals surface area (Å²) in [4.78, 5) is 13.6. The molecule has 2 heterocycles. The fourth-order valence-electron chi connectivity index (χ4n) is 1.89. The molecular weight excluding hydrogens is 234 g/mol. The van der Waals surface area contributed by atoms with Gasteiger partial charge < -0.3 is 4.90 Å². The van der Waals surface area contributed by atoms with Crippen LogP contribution >= 0.6 is 11.8 Å². The molecule has 0 fully saturated rings. The van der Waals surface area contributed by atoms with Gasteiger partial charge in [-0.2, -0.15) is 5.10 Å². The van der Waals surface area contributed by atoms with E-state index in [2.05, 4.69) is 10.5 Å². The van der Waals surface area contributed by atoms with Gasteiger partial charge in [-0.05, 0) is 0 Å². The lowest BCUT2D eigenvalue weighted by atomic mass is 10.1. The van der Waals surface area contributed by atoms with E-state index < -0.39 is 0 Å². The van der Waals surface area contributed by atoms with E-state index in [0.29, 0.717) is 5.70 Å². The number of thioether (sulfide) groups is 1. The van der Waals surface area contributed by atoms with Gasteiger partial charge in [0, 0.05) is 23.3 Å². The van der Waals surface area contributed by atoms with Gasteiger partial charge in [-0.1, -0.05) is 30.3 Å². The highest BCUT2D eigenvalue weighted by molar-refractivity contribution is 8.02. The summed E-state index contributed by atoms with van der Waals surface area (Å²) in [5.74, 6) is 1.66. The zero-order valence-corrected chi connectivity index (χ0v) is 9.91. The molecule has 2 aliphatic heterocycles. The first kappa shape index (κ1) is 10.4. The molecule has 17 heavy (non-hydrogen) atoms. The van der Waals surface area contributed by atoms with Crippen molar-refractivity contribution in [2.75, 3.05) is 12.3 Å². The standard InChI is InChI=1S/C12H11N3OS/c16-12-10-8-17-7-6-15(10)11(13-14-12)9-4-2-1-3-5-9/h1-5,8H,6-7H2,(H,14,16). The Hall–Kier alpha value is -1.75. The van der Waals surface area contributed by atoms with Crippen molar-refractivity contribution in [1.29, 1.82) is 0 Å². The molecular formula is C12H11N3OS. The van der Waals surface area contributed by atoms with Crippen LogP contribution in [0.5, 0.6) is 0 Å². The third-order valence-electron chi connectivity index (χ3n) is 2.70. The SMILES string of the molecule is O=C1NN=C(c2ccccc2)N2CCSC=C12. The predicted octanol–water partition coefficient (Wildman–Crippen LogP) is 1.37. The third kappa shape index (κ3) is 1.82. The molecule has 0 spiro atoms. The first-order valence-corrected chi connectivity index (χ1v) is 6.44. The quantitative estimate of drug-likeness (QED) is 0.812. The molecule has 1 aromatic carbocycles. The first-order valence-electron chi connectivity index (χ1n) is 5.39. The van der Waals surface area contributed by atoms with Crippen molar-refractivity contribution in [2.24, 2.45) is 5.10 Å². The Morgan fingerprint density at radius 3 is 2.94 bits per heavy atom. The van der Waals surface area contributed by atoms with Crippen molar-refractivity contribution < 1.29 is 4.79 Å². The lowest BCUT2D eigenvalue weighted by Gasteiger charge is -2.32. The molecule has 0 saturated carbocycles. The smallest absolute Gasteiger partial charge is 0.288 e. The van der Waals surface area contributed by atoms with Crippen LogP contribution in [0.15, 0.2) is 46.5 Å². The van der Waals surface area contributed by atoms with E-state index in [1.54, 1.807) is 11.8 Å². The summed E-state index contributed by atoms with van der Waals surface area (Å²) in [6.45, 7) is 0.817. The van der Waals surface area contributed by atoms with Gasteiger partial charge in [0.25, 0.3) is 5.91 Å². The van der Waals surface area contributed by atoms with Crippen molar-refractivity contribution in [1.82, 2.24) is 10.3 Å². The highest BCUT2D eigenvalue weighted by Crippen LogP contribution is 2.23. The zero-order valence-electron chi connectivity index (χ0n) is 9.09. The van der Waals surface area contributed by atoms with E-state index in [1.165, 1.54) is 0 Å². The fourth-order valence-corrected chi connectivity index (χ4v) is 2.69. The van der Waals surface area contributed by atoms with Crippen LogP contribution in [0.4, 0.5) is 0 Å². The van der Waals surface area contributed by atoms with Gasteiger partial charge >= 0.3 is 0 Å². The molecule has 86 valence electrons. The summed E-state index contributed by atoms with van der Waals surface area (Å²) in [5, 5.41) is 6.06. The maximum absolute atomic E-state index is 11.7. The number of rotatable bonds is 1. The van der Waals surface area contributed by atoms with Crippen LogP contribution in [0.25, 0.3) is 0 Å². The third-order valence-corrected chi connectivity index (χ3v) is 3.51. The number of nitrogens with zero attached hydrogens (tertiary/aromatic N) is 2. The molecule has 4 nitrogen and oxygen atoms in total. The van der Waals surface area contributed by atoms with Crippen LogP contribution in [0, 0.1) is 0 Å². The highest BCUT2D eigenvalue weighted by Gasteiger charge is 2.29. The van der Waals surface area contributed by atoms with E-state index in [-0.39, 0.29) is 5.91 Å². The summed E-state index contributed by atoms with van der Waals surface area (Å²) in [5.41, 5.74) is 4.26. The van der Waals surface area contributed by atoms with Gasteiger partial charge in [0.2, 0.25) is 0 Å². The minimum absolute atomic E-state index is 0.128. The van der Waals surface area contributed by atoms with Crippen LogP contribution in [0.3, 0.4) is 0 Å². The second-order valence-corrected chi connectivity index (χ2v) is 4.75. The van der Waals surface area contributed by atoms with Crippen molar-refractivity contribution in [3.8, 4) is 0 Å². The van der Waals surface area contributed by atoms with E-state index in [0.717, 1.165) is 23.7 Å². The van der Waals surface area contributed by atoms with Gasteiger partial charge in [-0.25, -0.2) is 5.43 Å². The molecule has 0 radical (unpaired) electrons. The molecule has 0 unspecified atom stereocenters. The summed E-state index contributed by atoms with van der Waals surface area (Å²) < 4.78 is 0. The summed E-state index contributed by atoms with van der Waals surface area (Å²) in [7, 11) is 0.